The Morgan fingerprint density at radius 1 is 1.00 bits per heavy atom. The molecule has 0 aliphatic carbocycles. The topological polar surface area (TPSA) is 44.5 Å². The second kappa shape index (κ2) is 5.96. The molecule has 112 valence electrons. The molecule has 0 spiro atoms. The molecule has 0 saturated carbocycles. The van der Waals surface area contributed by atoms with Crippen molar-refractivity contribution in [1.29, 1.82) is 0 Å². The lowest BCUT2D eigenvalue weighted by Crippen LogP contribution is -2.17. The monoisotopic (exact) mass is 413 g/mol. The smallest absolute Gasteiger partial charge is 0.451 e. The average Bonchev–Trinajstić information content (AvgIpc) is 2.36. The summed E-state index contributed by atoms with van der Waals surface area (Å²) in [6.45, 7) is 0. The number of rotatable bonds is 3. The van der Waals surface area contributed by atoms with Gasteiger partial charge >= 0.3 is 6.36 Å². The normalized spacial score (nSPS) is 11.3. The first-order valence-electron chi connectivity index (χ1n) is 5.53. The zero-order valence-electron chi connectivity index (χ0n) is 10.2. The maximum Gasteiger partial charge on any atom is 0.573 e. The molecule has 0 fully saturated rings. The van der Waals surface area contributed by atoms with E-state index in [1.54, 1.807) is 22.6 Å². The van der Waals surface area contributed by atoms with Gasteiger partial charge in [0.05, 0.1) is 9.26 Å². The second-order valence-electron chi connectivity index (χ2n) is 3.90. The van der Waals surface area contributed by atoms with Crippen molar-refractivity contribution < 1.29 is 27.0 Å². The number of hydrogen-bond donors (Lipinski definition) is 1. The quantitative estimate of drug-likeness (QED) is 0.451. The molecule has 2 rings (SSSR count). The van der Waals surface area contributed by atoms with Gasteiger partial charge in [0.1, 0.15) is 5.82 Å². The number of ether oxygens (including phenoxy) is 2. The third-order valence-electron chi connectivity index (χ3n) is 2.35. The van der Waals surface area contributed by atoms with E-state index in [1.807, 2.05) is 0 Å². The molecular formula is C13H8F4INO2. The van der Waals surface area contributed by atoms with Gasteiger partial charge in [0.2, 0.25) is 0 Å². The molecule has 2 N–H and O–H groups in total. The molecule has 0 aliphatic heterocycles. The number of nitrogens with two attached hydrogens (primary N) is 1. The van der Waals surface area contributed by atoms with E-state index >= 15 is 0 Å². The molecule has 0 amide bonds. The van der Waals surface area contributed by atoms with Crippen molar-refractivity contribution in [3.8, 4) is 17.2 Å². The van der Waals surface area contributed by atoms with Crippen molar-refractivity contribution >= 4 is 28.3 Å². The van der Waals surface area contributed by atoms with E-state index in [-0.39, 0.29) is 20.8 Å². The van der Waals surface area contributed by atoms with Crippen LogP contribution < -0.4 is 15.2 Å². The Morgan fingerprint density at radius 2 is 1.62 bits per heavy atom. The fourth-order valence-electron chi connectivity index (χ4n) is 1.49. The van der Waals surface area contributed by atoms with Crippen molar-refractivity contribution in [2.75, 3.05) is 5.73 Å². The molecule has 3 nitrogen and oxygen atoms in total. The molecule has 0 unspecified atom stereocenters. The molecule has 0 heterocycles. The molecule has 0 radical (unpaired) electrons. The summed E-state index contributed by atoms with van der Waals surface area (Å²) in [5.74, 6) is -1.44. The summed E-state index contributed by atoms with van der Waals surface area (Å²) < 4.78 is 59.7. The molecule has 2 aromatic carbocycles. The van der Waals surface area contributed by atoms with Gasteiger partial charge in [-0.15, -0.1) is 13.2 Å². The minimum atomic E-state index is -4.86. The summed E-state index contributed by atoms with van der Waals surface area (Å²) in [6, 6.07) is 7.47. The van der Waals surface area contributed by atoms with Gasteiger partial charge in [-0.25, -0.2) is 4.39 Å². The maximum absolute atomic E-state index is 13.5. The van der Waals surface area contributed by atoms with E-state index in [1.165, 1.54) is 24.3 Å². The van der Waals surface area contributed by atoms with Crippen molar-refractivity contribution in [1.82, 2.24) is 0 Å². The van der Waals surface area contributed by atoms with Crippen LogP contribution in [0.25, 0.3) is 0 Å². The molecule has 0 bridgehead atoms. The molecule has 8 heteroatoms. The van der Waals surface area contributed by atoms with E-state index < -0.39 is 17.9 Å². The van der Waals surface area contributed by atoms with Crippen LogP contribution in [0, 0.1) is 9.39 Å². The van der Waals surface area contributed by atoms with Crippen LogP contribution in [0.3, 0.4) is 0 Å². The van der Waals surface area contributed by atoms with Crippen molar-refractivity contribution in [3.05, 3.63) is 45.8 Å². The van der Waals surface area contributed by atoms with Crippen LogP contribution in [-0.2, 0) is 0 Å². The zero-order valence-corrected chi connectivity index (χ0v) is 12.4. The molecule has 0 saturated heterocycles. The molecule has 21 heavy (non-hydrogen) atoms. The Balaban J connectivity index is 2.34. The molecular weight excluding hydrogens is 405 g/mol. The lowest BCUT2D eigenvalue weighted by atomic mass is 10.3. The Labute approximate surface area is 130 Å². The lowest BCUT2D eigenvalue weighted by molar-refractivity contribution is -0.275. The Kier molecular flexibility index (Phi) is 4.45. The fraction of sp³-hybridized carbons (Fsp3) is 0.0769. The van der Waals surface area contributed by atoms with E-state index in [0.717, 1.165) is 12.1 Å². The largest absolute Gasteiger partial charge is 0.573 e. The minimum absolute atomic E-state index is 0.0915. The highest BCUT2D eigenvalue weighted by atomic mass is 127. The van der Waals surface area contributed by atoms with Gasteiger partial charge in [-0.05, 0) is 40.8 Å². The van der Waals surface area contributed by atoms with Crippen LogP contribution in [0.2, 0.25) is 0 Å². The first kappa shape index (κ1) is 15.7. The van der Waals surface area contributed by atoms with Crippen molar-refractivity contribution in [2.24, 2.45) is 0 Å². The summed E-state index contributed by atoms with van der Waals surface area (Å²) in [7, 11) is 0. The Hall–Kier alpha value is -1.71. The van der Waals surface area contributed by atoms with Gasteiger partial charge in [-0.1, -0.05) is 12.1 Å². The third kappa shape index (κ3) is 4.13. The van der Waals surface area contributed by atoms with E-state index in [0.29, 0.717) is 0 Å². The van der Waals surface area contributed by atoms with E-state index in [4.69, 9.17) is 10.5 Å². The number of hydrogen-bond acceptors (Lipinski definition) is 3. The van der Waals surface area contributed by atoms with Crippen LogP contribution >= 0.6 is 22.6 Å². The van der Waals surface area contributed by atoms with Gasteiger partial charge < -0.3 is 15.2 Å². The maximum atomic E-state index is 13.5. The zero-order chi connectivity index (χ0) is 15.6. The van der Waals surface area contributed by atoms with Gasteiger partial charge in [0, 0.05) is 6.07 Å². The van der Waals surface area contributed by atoms with Gasteiger partial charge in [0.15, 0.2) is 17.2 Å². The highest BCUT2D eigenvalue weighted by Gasteiger charge is 2.32. The van der Waals surface area contributed by atoms with Crippen LogP contribution in [0.15, 0.2) is 36.4 Å². The summed E-state index contributed by atoms with van der Waals surface area (Å²) in [5, 5.41) is 0. The minimum Gasteiger partial charge on any atom is -0.451 e. The third-order valence-corrected chi connectivity index (χ3v) is 3.17. The Morgan fingerprint density at radius 3 is 2.24 bits per heavy atom. The fourth-order valence-corrected chi connectivity index (χ4v) is 1.99. The van der Waals surface area contributed by atoms with E-state index in [2.05, 4.69) is 4.74 Å². The van der Waals surface area contributed by atoms with Crippen LogP contribution in [0.5, 0.6) is 17.2 Å². The highest BCUT2D eigenvalue weighted by Crippen LogP contribution is 2.37. The van der Waals surface area contributed by atoms with Gasteiger partial charge in [-0.3, -0.25) is 0 Å². The molecule has 0 aromatic heterocycles. The molecule has 0 atom stereocenters. The number of halogens is 5. The average molecular weight is 413 g/mol. The number of alkyl halides is 3. The number of nitrogen functional groups attached to an aromatic ring is 1. The first-order chi connectivity index (χ1) is 9.76. The summed E-state index contributed by atoms with van der Waals surface area (Å²) in [4.78, 5) is 0. The number of anilines is 1. The van der Waals surface area contributed by atoms with Crippen LogP contribution in [-0.4, -0.2) is 6.36 Å². The predicted molar refractivity (Wildman–Crippen MR) is 76.7 cm³/mol. The summed E-state index contributed by atoms with van der Waals surface area (Å²) in [5.41, 5.74) is 5.76. The summed E-state index contributed by atoms with van der Waals surface area (Å²) in [6.07, 6.45) is -4.86. The van der Waals surface area contributed by atoms with E-state index in [9.17, 15) is 17.6 Å². The first-order valence-corrected chi connectivity index (χ1v) is 6.61. The van der Waals surface area contributed by atoms with Crippen LogP contribution in [0.4, 0.5) is 23.2 Å². The lowest BCUT2D eigenvalue weighted by Gasteiger charge is -2.14. The second-order valence-corrected chi connectivity index (χ2v) is 5.06. The Bertz CT molecular complexity index is 661. The number of para-hydroxylation sites is 2. The van der Waals surface area contributed by atoms with Crippen LogP contribution in [0.1, 0.15) is 0 Å². The molecule has 0 aliphatic rings. The standard InChI is InChI=1S/C13H8F4INO2/c14-7-5-12(9(19)6-8(7)18)20-10-3-1-2-4-11(10)21-13(15,16)17/h1-6H,19H2. The number of benzene rings is 2. The highest BCUT2D eigenvalue weighted by molar-refractivity contribution is 14.1. The predicted octanol–water partition coefficient (Wildman–Crippen LogP) is 4.70. The van der Waals surface area contributed by atoms with Crippen molar-refractivity contribution in [2.45, 2.75) is 6.36 Å². The van der Waals surface area contributed by atoms with Crippen molar-refractivity contribution in [3.63, 3.8) is 0 Å². The van der Waals surface area contributed by atoms with Gasteiger partial charge in [-0.2, -0.15) is 0 Å². The summed E-state index contributed by atoms with van der Waals surface area (Å²) >= 11 is 1.74. The van der Waals surface area contributed by atoms with Gasteiger partial charge in [0.25, 0.3) is 0 Å². The SMILES string of the molecule is Nc1cc(I)c(F)cc1Oc1ccccc1OC(F)(F)F. The molecule has 2 aromatic rings.